The van der Waals surface area contributed by atoms with Gasteiger partial charge in [-0.1, -0.05) is 32.4 Å². The van der Waals surface area contributed by atoms with E-state index in [0.29, 0.717) is 16.6 Å². The summed E-state index contributed by atoms with van der Waals surface area (Å²) in [6.07, 6.45) is 1.74. The summed E-state index contributed by atoms with van der Waals surface area (Å²) in [5.41, 5.74) is 6.97. The lowest BCUT2D eigenvalue weighted by Gasteiger charge is -2.13. The first-order chi connectivity index (χ1) is 7.88. The van der Waals surface area contributed by atoms with Crippen LogP contribution >= 0.6 is 11.6 Å². The molecule has 0 saturated carbocycles. The number of anilines is 1. The second kappa shape index (κ2) is 4.08. The van der Waals surface area contributed by atoms with Gasteiger partial charge in [0, 0.05) is 11.1 Å². The van der Waals surface area contributed by atoms with Crippen molar-refractivity contribution in [2.45, 2.75) is 26.2 Å². The van der Waals surface area contributed by atoms with Crippen molar-refractivity contribution < 1.29 is 4.42 Å². The Morgan fingerprint density at radius 3 is 2.53 bits per heavy atom. The molecule has 3 nitrogen and oxygen atoms in total. The van der Waals surface area contributed by atoms with E-state index in [4.69, 9.17) is 21.8 Å². The van der Waals surface area contributed by atoms with Crippen molar-refractivity contribution in [2.24, 2.45) is 0 Å². The van der Waals surface area contributed by atoms with Gasteiger partial charge < -0.3 is 10.2 Å². The maximum atomic E-state index is 6.11. The Balaban J connectivity index is 2.44. The van der Waals surface area contributed by atoms with E-state index in [-0.39, 0.29) is 5.41 Å². The number of halogens is 1. The van der Waals surface area contributed by atoms with Gasteiger partial charge in [-0.25, -0.2) is 4.98 Å². The van der Waals surface area contributed by atoms with Gasteiger partial charge in [-0.3, -0.25) is 0 Å². The predicted octanol–water partition coefficient (Wildman–Crippen LogP) is 3.87. The summed E-state index contributed by atoms with van der Waals surface area (Å²) in [5.74, 6) is 1.36. The second-order valence-corrected chi connectivity index (χ2v) is 5.43. The van der Waals surface area contributed by atoms with Crippen molar-refractivity contribution in [2.75, 3.05) is 5.73 Å². The maximum Gasteiger partial charge on any atom is 0.227 e. The Hall–Kier alpha value is -1.48. The SMILES string of the molecule is CC(C)(C)c1cnc(-c2ccc(N)cc2Cl)o1. The molecular formula is C13H15ClN2O. The fourth-order valence-corrected chi connectivity index (χ4v) is 1.72. The number of nitrogens with zero attached hydrogens (tertiary/aromatic N) is 1. The van der Waals surface area contributed by atoms with Gasteiger partial charge in [0.25, 0.3) is 0 Å². The van der Waals surface area contributed by atoms with Gasteiger partial charge in [0.1, 0.15) is 5.76 Å². The standard InChI is InChI=1S/C13H15ClN2O/c1-13(2,3)11-7-16-12(17-11)9-5-4-8(15)6-10(9)14/h4-7H,15H2,1-3H3. The van der Waals surface area contributed by atoms with E-state index in [1.54, 1.807) is 18.3 Å². The van der Waals surface area contributed by atoms with Crippen molar-refractivity contribution in [3.05, 3.63) is 35.2 Å². The van der Waals surface area contributed by atoms with Gasteiger partial charge in [0.15, 0.2) is 0 Å². The van der Waals surface area contributed by atoms with E-state index in [1.807, 2.05) is 6.07 Å². The highest BCUT2D eigenvalue weighted by atomic mass is 35.5. The molecule has 1 aromatic carbocycles. The van der Waals surface area contributed by atoms with Gasteiger partial charge in [-0.05, 0) is 18.2 Å². The van der Waals surface area contributed by atoms with Crippen LogP contribution in [0.1, 0.15) is 26.5 Å². The quantitative estimate of drug-likeness (QED) is 0.782. The number of hydrogen-bond acceptors (Lipinski definition) is 3. The fraction of sp³-hybridized carbons (Fsp3) is 0.308. The normalized spacial score (nSPS) is 11.8. The van der Waals surface area contributed by atoms with Crippen molar-refractivity contribution >= 4 is 17.3 Å². The van der Waals surface area contributed by atoms with Crippen molar-refractivity contribution in [1.82, 2.24) is 4.98 Å². The number of nitrogen functional groups attached to an aromatic ring is 1. The summed E-state index contributed by atoms with van der Waals surface area (Å²) < 4.78 is 5.72. The molecule has 1 heterocycles. The number of hydrogen-bond donors (Lipinski definition) is 1. The topological polar surface area (TPSA) is 52.0 Å². The second-order valence-electron chi connectivity index (χ2n) is 5.02. The summed E-state index contributed by atoms with van der Waals surface area (Å²) in [7, 11) is 0. The summed E-state index contributed by atoms with van der Waals surface area (Å²) >= 11 is 6.11. The van der Waals surface area contributed by atoms with E-state index in [1.165, 1.54) is 0 Å². The molecule has 0 saturated heterocycles. The smallest absolute Gasteiger partial charge is 0.227 e. The summed E-state index contributed by atoms with van der Waals surface area (Å²) in [4.78, 5) is 4.25. The average Bonchev–Trinajstić information content (AvgIpc) is 2.65. The summed E-state index contributed by atoms with van der Waals surface area (Å²) in [6, 6.07) is 5.29. The Morgan fingerprint density at radius 1 is 1.29 bits per heavy atom. The molecule has 0 spiro atoms. The molecule has 0 aliphatic heterocycles. The first kappa shape index (κ1) is 12.0. The zero-order valence-electron chi connectivity index (χ0n) is 10.1. The minimum atomic E-state index is -0.0640. The van der Waals surface area contributed by atoms with E-state index in [2.05, 4.69) is 25.8 Å². The largest absolute Gasteiger partial charge is 0.441 e. The van der Waals surface area contributed by atoms with Crippen LogP contribution in [0.2, 0.25) is 5.02 Å². The molecule has 0 aliphatic carbocycles. The van der Waals surface area contributed by atoms with Crippen LogP contribution in [-0.4, -0.2) is 4.98 Å². The van der Waals surface area contributed by atoms with Crippen LogP contribution in [0.5, 0.6) is 0 Å². The van der Waals surface area contributed by atoms with Crippen LogP contribution in [0.4, 0.5) is 5.69 Å². The van der Waals surface area contributed by atoms with Crippen LogP contribution < -0.4 is 5.73 Å². The number of rotatable bonds is 1. The molecule has 0 atom stereocenters. The molecule has 4 heteroatoms. The van der Waals surface area contributed by atoms with Gasteiger partial charge >= 0.3 is 0 Å². The molecule has 2 rings (SSSR count). The zero-order valence-corrected chi connectivity index (χ0v) is 10.9. The highest BCUT2D eigenvalue weighted by Gasteiger charge is 2.20. The van der Waals surface area contributed by atoms with Crippen LogP contribution in [0, 0.1) is 0 Å². The summed E-state index contributed by atoms with van der Waals surface area (Å²) in [5, 5.41) is 0.548. The van der Waals surface area contributed by atoms with Crippen molar-refractivity contribution in [3.8, 4) is 11.5 Å². The predicted molar refractivity (Wildman–Crippen MR) is 70.1 cm³/mol. The Bertz CT molecular complexity index is 541. The number of benzene rings is 1. The van der Waals surface area contributed by atoms with Crippen molar-refractivity contribution in [1.29, 1.82) is 0 Å². The first-order valence-electron chi connectivity index (χ1n) is 5.39. The van der Waals surface area contributed by atoms with Crippen molar-refractivity contribution in [3.63, 3.8) is 0 Å². The Morgan fingerprint density at radius 2 is 2.00 bits per heavy atom. The molecular weight excluding hydrogens is 236 g/mol. The van der Waals surface area contributed by atoms with Gasteiger partial charge in [0.2, 0.25) is 5.89 Å². The van der Waals surface area contributed by atoms with Gasteiger partial charge in [-0.2, -0.15) is 0 Å². The van der Waals surface area contributed by atoms with Gasteiger partial charge in [-0.15, -0.1) is 0 Å². The molecule has 2 aromatic rings. The van der Waals surface area contributed by atoms with Crippen LogP contribution in [0.3, 0.4) is 0 Å². The maximum absolute atomic E-state index is 6.11. The molecule has 0 radical (unpaired) electrons. The molecule has 2 N–H and O–H groups in total. The molecule has 0 unspecified atom stereocenters. The first-order valence-corrected chi connectivity index (χ1v) is 5.77. The molecule has 0 aliphatic rings. The van der Waals surface area contributed by atoms with Crippen LogP contribution in [-0.2, 0) is 5.41 Å². The van der Waals surface area contributed by atoms with E-state index >= 15 is 0 Å². The van der Waals surface area contributed by atoms with E-state index in [0.717, 1.165) is 11.3 Å². The molecule has 0 amide bonds. The minimum Gasteiger partial charge on any atom is -0.441 e. The lowest BCUT2D eigenvalue weighted by atomic mass is 9.94. The zero-order chi connectivity index (χ0) is 12.6. The van der Waals surface area contributed by atoms with E-state index in [9.17, 15) is 0 Å². The van der Waals surface area contributed by atoms with Crippen LogP contribution in [0.25, 0.3) is 11.5 Å². The Labute approximate surface area is 106 Å². The third-order valence-electron chi connectivity index (χ3n) is 2.47. The highest BCUT2D eigenvalue weighted by molar-refractivity contribution is 6.33. The monoisotopic (exact) mass is 250 g/mol. The molecule has 0 bridgehead atoms. The fourth-order valence-electron chi connectivity index (χ4n) is 1.45. The minimum absolute atomic E-state index is 0.0640. The van der Waals surface area contributed by atoms with E-state index < -0.39 is 0 Å². The molecule has 90 valence electrons. The molecule has 1 aromatic heterocycles. The Kier molecular flexibility index (Phi) is 2.87. The molecule has 0 fully saturated rings. The number of aromatic nitrogens is 1. The highest BCUT2D eigenvalue weighted by Crippen LogP contribution is 2.32. The molecule has 17 heavy (non-hydrogen) atoms. The lowest BCUT2D eigenvalue weighted by molar-refractivity contribution is 0.416. The summed E-state index contributed by atoms with van der Waals surface area (Å²) in [6.45, 7) is 6.21. The number of oxazole rings is 1. The van der Waals surface area contributed by atoms with Gasteiger partial charge in [0.05, 0.1) is 16.8 Å². The third kappa shape index (κ3) is 2.44. The van der Waals surface area contributed by atoms with Crippen LogP contribution in [0.15, 0.2) is 28.8 Å². The average molecular weight is 251 g/mol. The number of nitrogens with two attached hydrogens (primary N) is 1. The lowest BCUT2D eigenvalue weighted by Crippen LogP contribution is -2.09. The third-order valence-corrected chi connectivity index (χ3v) is 2.78.